The summed E-state index contributed by atoms with van der Waals surface area (Å²) in [4.78, 5) is 29.2. The molecule has 8 nitrogen and oxygen atoms in total. The number of nitrogens with zero attached hydrogens (tertiary/aromatic N) is 1. The van der Waals surface area contributed by atoms with Crippen LogP contribution in [-0.4, -0.2) is 48.8 Å². The van der Waals surface area contributed by atoms with Gasteiger partial charge in [-0.15, -0.1) is 0 Å². The lowest BCUT2D eigenvalue weighted by Crippen LogP contribution is -2.28. The number of benzene rings is 1. The third-order valence-electron chi connectivity index (χ3n) is 8.59. The highest BCUT2D eigenvalue weighted by Gasteiger charge is 2.51. The van der Waals surface area contributed by atoms with Gasteiger partial charge >= 0.3 is 5.97 Å². The lowest BCUT2D eigenvalue weighted by atomic mass is 9.76. The maximum absolute atomic E-state index is 12.8. The SMILES string of the molecule is CCOC(=O)COc1ccccc1CC1C2CCC(O2)C1c1nc(C(=O)NCCCCC2CCCCC2)co1. The molecule has 8 heteroatoms. The van der Waals surface area contributed by atoms with Gasteiger partial charge in [0.05, 0.1) is 24.7 Å². The largest absolute Gasteiger partial charge is 0.482 e. The van der Waals surface area contributed by atoms with Crippen LogP contribution >= 0.6 is 0 Å². The van der Waals surface area contributed by atoms with Gasteiger partial charge in [0.25, 0.3) is 5.91 Å². The van der Waals surface area contributed by atoms with E-state index in [1.165, 1.54) is 44.8 Å². The van der Waals surface area contributed by atoms with Crippen molar-refractivity contribution in [3.63, 3.8) is 0 Å². The predicted molar refractivity (Wildman–Crippen MR) is 146 cm³/mol. The first-order valence-corrected chi connectivity index (χ1v) is 14.9. The van der Waals surface area contributed by atoms with E-state index in [4.69, 9.17) is 18.6 Å². The minimum absolute atomic E-state index is 0.0288. The molecular formula is C31H42N2O6. The van der Waals surface area contributed by atoms with Crippen LogP contribution in [0.25, 0.3) is 0 Å². The molecule has 1 aromatic carbocycles. The minimum Gasteiger partial charge on any atom is -0.482 e. The smallest absolute Gasteiger partial charge is 0.344 e. The van der Waals surface area contributed by atoms with Crippen LogP contribution in [0.1, 0.15) is 99.0 Å². The fourth-order valence-electron chi connectivity index (χ4n) is 6.65. The molecule has 212 valence electrons. The Bertz CT molecular complexity index is 1090. The van der Waals surface area contributed by atoms with Gasteiger partial charge < -0.3 is 23.9 Å². The Kier molecular flexibility index (Phi) is 9.56. The number of hydrogen-bond acceptors (Lipinski definition) is 7. The molecule has 0 radical (unpaired) electrons. The van der Waals surface area contributed by atoms with Crippen molar-refractivity contribution in [1.82, 2.24) is 10.3 Å². The third-order valence-corrected chi connectivity index (χ3v) is 8.59. The Balaban J connectivity index is 1.16. The number of nitrogens with one attached hydrogen (secondary N) is 1. The summed E-state index contributed by atoms with van der Waals surface area (Å²) in [6, 6.07) is 7.76. The van der Waals surface area contributed by atoms with E-state index in [2.05, 4.69) is 10.3 Å². The van der Waals surface area contributed by atoms with Crippen molar-refractivity contribution in [2.75, 3.05) is 19.8 Å². The number of esters is 1. The maximum atomic E-state index is 12.8. The van der Waals surface area contributed by atoms with Crippen molar-refractivity contribution < 1.29 is 28.2 Å². The molecular weight excluding hydrogens is 496 g/mol. The highest BCUT2D eigenvalue weighted by atomic mass is 16.6. The zero-order valence-corrected chi connectivity index (χ0v) is 23.1. The number of carbonyl (C=O) groups excluding carboxylic acids is 2. The Morgan fingerprint density at radius 3 is 2.72 bits per heavy atom. The molecule has 1 saturated carbocycles. The average Bonchev–Trinajstić information content (AvgIpc) is 3.70. The molecule has 3 heterocycles. The van der Waals surface area contributed by atoms with Crippen molar-refractivity contribution in [1.29, 1.82) is 0 Å². The molecule has 1 aromatic heterocycles. The van der Waals surface area contributed by atoms with Crippen LogP contribution in [0.2, 0.25) is 0 Å². The molecule has 2 saturated heterocycles. The zero-order chi connectivity index (χ0) is 27.0. The third kappa shape index (κ3) is 7.02. The lowest BCUT2D eigenvalue weighted by molar-refractivity contribution is -0.145. The van der Waals surface area contributed by atoms with Gasteiger partial charge in [0.2, 0.25) is 5.89 Å². The first kappa shape index (κ1) is 27.7. The number of amides is 1. The van der Waals surface area contributed by atoms with Crippen molar-refractivity contribution in [3.05, 3.63) is 47.7 Å². The number of oxazole rings is 1. The fraction of sp³-hybridized carbons (Fsp3) is 0.645. The molecule has 2 bridgehead atoms. The molecule has 1 N–H and O–H groups in total. The molecule has 3 aliphatic rings. The lowest BCUT2D eigenvalue weighted by Gasteiger charge is -2.26. The number of rotatable bonds is 13. The molecule has 0 spiro atoms. The fourth-order valence-corrected chi connectivity index (χ4v) is 6.65. The van der Waals surface area contributed by atoms with E-state index in [9.17, 15) is 9.59 Å². The molecule has 2 aromatic rings. The second kappa shape index (κ2) is 13.5. The Morgan fingerprint density at radius 1 is 1.05 bits per heavy atom. The first-order valence-electron chi connectivity index (χ1n) is 14.9. The number of carbonyl (C=O) groups is 2. The van der Waals surface area contributed by atoms with Crippen LogP contribution in [-0.2, 0) is 20.7 Å². The standard InChI is InChI=1S/C31H42N2O6/c1-2-36-28(34)20-37-25-14-7-6-13-22(25)18-23-26-15-16-27(39-26)29(23)31-33-24(19-38-31)30(35)32-17-9-8-12-21-10-4-3-5-11-21/h6-7,13-14,19,21,23,26-27,29H,2-5,8-12,15-18,20H2,1H3,(H,32,35). The molecule has 5 rings (SSSR count). The van der Waals surface area contributed by atoms with Gasteiger partial charge in [0, 0.05) is 12.5 Å². The normalized spacial score (nSPS) is 24.5. The number of para-hydroxylation sites is 1. The molecule has 4 atom stereocenters. The number of fused-ring (bicyclic) bond motifs is 2. The van der Waals surface area contributed by atoms with E-state index in [1.54, 1.807) is 6.92 Å². The topological polar surface area (TPSA) is 99.9 Å². The van der Waals surface area contributed by atoms with Crippen LogP contribution < -0.4 is 10.1 Å². The molecule has 3 fully saturated rings. The highest BCUT2D eigenvalue weighted by molar-refractivity contribution is 5.91. The second-order valence-electron chi connectivity index (χ2n) is 11.2. The van der Waals surface area contributed by atoms with Gasteiger partial charge in [-0.3, -0.25) is 4.79 Å². The van der Waals surface area contributed by atoms with Crippen LogP contribution in [0, 0.1) is 11.8 Å². The van der Waals surface area contributed by atoms with E-state index in [-0.39, 0.29) is 42.5 Å². The van der Waals surface area contributed by atoms with Crippen LogP contribution in [0.5, 0.6) is 5.75 Å². The monoisotopic (exact) mass is 538 g/mol. The summed E-state index contributed by atoms with van der Waals surface area (Å²) >= 11 is 0. The van der Waals surface area contributed by atoms with Crippen molar-refractivity contribution in [3.8, 4) is 5.75 Å². The highest BCUT2D eigenvalue weighted by Crippen LogP contribution is 2.50. The number of ether oxygens (including phenoxy) is 3. The number of hydrogen-bond donors (Lipinski definition) is 1. The molecule has 4 unspecified atom stereocenters. The van der Waals surface area contributed by atoms with E-state index in [1.807, 2.05) is 24.3 Å². The van der Waals surface area contributed by atoms with Crippen LogP contribution in [0.4, 0.5) is 0 Å². The maximum Gasteiger partial charge on any atom is 0.344 e. The summed E-state index contributed by atoms with van der Waals surface area (Å²) in [6.45, 7) is 2.64. The second-order valence-corrected chi connectivity index (χ2v) is 11.2. The van der Waals surface area contributed by atoms with Gasteiger partial charge in [0.15, 0.2) is 12.3 Å². The van der Waals surface area contributed by atoms with Crippen molar-refractivity contribution in [2.45, 2.75) is 95.7 Å². The van der Waals surface area contributed by atoms with Gasteiger partial charge in [-0.2, -0.15) is 0 Å². The van der Waals surface area contributed by atoms with Crippen LogP contribution in [0.15, 0.2) is 34.9 Å². The zero-order valence-electron chi connectivity index (χ0n) is 23.1. The first-order chi connectivity index (χ1) is 19.1. The van der Waals surface area contributed by atoms with E-state index in [0.29, 0.717) is 36.9 Å². The van der Waals surface area contributed by atoms with Gasteiger partial charge in [0.1, 0.15) is 12.0 Å². The number of aromatic nitrogens is 1. The summed E-state index contributed by atoms with van der Waals surface area (Å²) < 4.78 is 23.0. The van der Waals surface area contributed by atoms with E-state index < -0.39 is 0 Å². The summed E-state index contributed by atoms with van der Waals surface area (Å²) in [6.07, 6.45) is 14.6. The Morgan fingerprint density at radius 2 is 1.87 bits per heavy atom. The minimum atomic E-state index is -0.386. The van der Waals surface area contributed by atoms with Crippen LogP contribution in [0.3, 0.4) is 0 Å². The predicted octanol–water partition coefficient (Wildman–Crippen LogP) is 5.60. The summed E-state index contributed by atoms with van der Waals surface area (Å²) in [5, 5.41) is 3.02. The average molecular weight is 539 g/mol. The van der Waals surface area contributed by atoms with Crippen molar-refractivity contribution >= 4 is 11.9 Å². The molecule has 39 heavy (non-hydrogen) atoms. The van der Waals surface area contributed by atoms with Gasteiger partial charge in [-0.1, -0.05) is 63.1 Å². The summed E-state index contributed by atoms with van der Waals surface area (Å²) in [7, 11) is 0. The van der Waals surface area contributed by atoms with E-state index >= 15 is 0 Å². The summed E-state index contributed by atoms with van der Waals surface area (Å²) in [5.74, 6) is 1.66. The molecule has 1 amide bonds. The van der Waals surface area contributed by atoms with E-state index in [0.717, 1.165) is 37.2 Å². The Hall–Kier alpha value is -2.87. The Labute approximate surface area is 231 Å². The van der Waals surface area contributed by atoms with Gasteiger partial charge in [-0.05, 0) is 50.2 Å². The molecule has 2 aliphatic heterocycles. The quantitative estimate of drug-likeness (QED) is 0.262. The number of unbranched alkanes of at least 4 members (excludes halogenated alkanes) is 1. The van der Waals surface area contributed by atoms with Crippen molar-refractivity contribution in [2.24, 2.45) is 11.8 Å². The van der Waals surface area contributed by atoms with Gasteiger partial charge in [-0.25, -0.2) is 9.78 Å². The molecule has 1 aliphatic carbocycles. The summed E-state index contributed by atoms with van der Waals surface area (Å²) in [5.41, 5.74) is 1.34.